The maximum absolute atomic E-state index is 4.01. The maximum Gasteiger partial charge on any atom is 0.0945 e. The van der Waals surface area contributed by atoms with Crippen LogP contribution in [0.15, 0.2) is 18.7 Å². The van der Waals surface area contributed by atoms with Crippen molar-refractivity contribution in [1.29, 1.82) is 0 Å². The molecular formula is C12H24N4. The minimum Gasteiger partial charge on any atom is -0.337 e. The van der Waals surface area contributed by atoms with Gasteiger partial charge in [-0.1, -0.05) is 0 Å². The first-order valence-electron chi connectivity index (χ1n) is 5.99. The van der Waals surface area contributed by atoms with Crippen molar-refractivity contribution in [3.05, 3.63) is 18.7 Å². The number of hydrogen-bond acceptors (Lipinski definition) is 3. The SMILES string of the molecule is CC(C)(C)NCCNCCCn1ccnc1. The highest BCUT2D eigenvalue weighted by molar-refractivity contribution is 4.74. The average molecular weight is 224 g/mol. The third-order valence-corrected chi connectivity index (χ3v) is 2.29. The quantitative estimate of drug-likeness (QED) is 0.685. The van der Waals surface area contributed by atoms with Crippen molar-refractivity contribution in [2.24, 2.45) is 0 Å². The normalized spacial score (nSPS) is 11.9. The van der Waals surface area contributed by atoms with E-state index in [0.717, 1.165) is 32.6 Å². The molecule has 92 valence electrons. The van der Waals surface area contributed by atoms with E-state index in [2.05, 4.69) is 41.0 Å². The molecule has 0 aliphatic rings. The Morgan fingerprint density at radius 2 is 2.00 bits per heavy atom. The Hall–Kier alpha value is -0.870. The predicted molar refractivity (Wildman–Crippen MR) is 67.5 cm³/mol. The van der Waals surface area contributed by atoms with Gasteiger partial charge in [-0.3, -0.25) is 0 Å². The summed E-state index contributed by atoms with van der Waals surface area (Å²) in [4.78, 5) is 4.01. The van der Waals surface area contributed by atoms with E-state index in [1.807, 2.05) is 18.7 Å². The summed E-state index contributed by atoms with van der Waals surface area (Å²) in [5.41, 5.74) is 0.221. The Balaban J connectivity index is 1.89. The van der Waals surface area contributed by atoms with Crippen LogP contribution in [-0.4, -0.2) is 34.7 Å². The van der Waals surface area contributed by atoms with Crippen LogP contribution in [0.1, 0.15) is 27.2 Å². The summed E-state index contributed by atoms with van der Waals surface area (Å²) in [6.45, 7) is 10.7. The third-order valence-electron chi connectivity index (χ3n) is 2.29. The lowest BCUT2D eigenvalue weighted by Crippen LogP contribution is -2.40. The Morgan fingerprint density at radius 1 is 1.19 bits per heavy atom. The molecule has 1 aromatic rings. The van der Waals surface area contributed by atoms with E-state index < -0.39 is 0 Å². The van der Waals surface area contributed by atoms with Gasteiger partial charge in [-0.05, 0) is 33.7 Å². The molecule has 0 unspecified atom stereocenters. The van der Waals surface area contributed by atoms with Crippen LogP contribution >= 0.6 is 0 Å². The summed E-state index contributed by atoms with van der Waals surface area (Å²) in [5.74, 6) is 0. The number of nitrogens with one attached hydrogen (secondary N) is 2. The van der Waals surface area contributed by atoms with E-state index in [1.165, 1.54) is 0 Å². The lowest BCUT2D eigenvalue weighted by molar-refractivity contribution is 0.420. The van der Waals surface area contributed by atoms with Crippen LogP contribution < -0.4 is 10.6 Å². The van der Waals surface area contributed by atoms with E-state index in [0.29, 0.717) is 0 Å². The van der Waals surface area contributed by atoms with Crippen LogP contribution in [0, 0.1) is 0 Å². The molecule has 4 nitrogen and oxygen atoms in total. The van der Waals surface area contributed by atoms with Crippen molar-refractivity contribution in [1.82, 2.24) is 20.2 Å². The fourth-order valence-corrected chi connectivity index (χ4v) is 1.46. The van der Waals surface area contributed by atoms with E-state index in [9.17, 15) is 0 Å². The van der Waals surface area contributed by atoms with Crippen molar-refractivity contribution in [3.63, 3.8) is 0 Å². The van der Waals surface area contributed by atoms with Gasteiger partial charge in [0.05, 0.1) is 6.33 Å². The van der Waals surface area contributed by atoms with Crippen LogP contribution in [0.3, 0.4) is 0 Å². The monoisotopic (exact) mass is 224 g/mol. The number of nitrogens with zero attached hydrogens (tertiary/aromatic N) is 2. The Bertz CT molecular complexity index is 261. The number of imidazole rings is 1. The molecule has 0 aliphatic heterocycles. The zero-order valence-corrected chi connectivity index (χ0v) is 10.7. The summed E-state index contributed by atoms with van der Waals surface area (Å²) in [6, 6.07) is 0. The zero-order chi connectivity index (χ0) is 11.9. The lowest BCUT2D eigenvalue weighted by atomic mass is 10.1. The Morgan fingerprint density at radius 3 is 2.62 bits per heavy atom. The van der Waals surface area contributed by atoms with Gasteiger partial charge in [0.15, 0.2) is 0 Å². The molecule has 0 bridgehead atoms. The van der Waals surface area contributed by atoms with Gasteiger partial charge in [0.2, 0.25) is 0 Å². The zero-order valence-electron chi connectivity index (χ0n) is 10.7. The van der Waals surface area contributed by atoms with Crippen molar-refractivity contribution >= 4 is 0 Å². The molecule has 0 saturated heterocycles. The van der Waals surface area contributed by atoms with E-state index in [-0.39, 0.29) is 5.54 Å². The molecule has 0 radical (unpaired) electrons. The third kappa shape index (κ3) is 6.58. The Kier molecular flexibility index (Phi) is 5.49. The fraction of sp³-hybridized carbons (Fsp3) is 0.750. The molecule has 2 N–H and O–H groups in total. The lowest BCUT2D eigenvalue weighted by Gasteiger charge is -2.20. The van der Waals surface area contributed by atoms with Crippen LogP contribution in [0.5, 0.6) is 0 Å². The van der Waals surface area contributed by atoms with E-state index in [4.69, 9.17) is 0 Å². The number of hydrogen-bond donors (Lipinski definition) is 2. The first-order valence-corrected chi connectivity index (χ1v) is 5.99. The fourth-order valence-electron chi connectivity index (χ4n) is 1.46. The largest absolute Gasteiger partial charge is 0.337 e. The summed E-state index contributed by atoms with van der Waals surface area (Å²) < 4.78 is 2.11. The van der Waals surface area contributed by atoms with Crippen LogP contribution in [0.25, 0.3) is 0 Å². The van der Waals surface area contributed by atoms with E-state index >= 15 is 0 Å². The molecule has 0 spiro atoms. The molecule has 0 aromatic carbocycles. The first kappa shape index (κ1) is 13.2. The van der Waals surface area contributed by atoms with Gasteiger partial charge in [-0.2, -0.15) is 0 Å². The van der Waals surface area contributed by atoms with Crippen LogP contribution in [0.4, 0.5) is 0 Å². The number of aromatic nitrogens is 2. The topological polar surface area (TPSA) is 41.9 Å². The molecule has 0 fully saturated rings. The minimum atomic E-state index is 0.221. The van der Waals surface area contributed by atoms with Gasteiger partial charge >= 0.3 is 0 Å². The molecule has 0 amide bonds. The second-order valence-electron chi connectivity index (χ2n) is 5.08. The Labute approximate surface area is 98.5 Å². The average Bonchev–Trinajstić information content (AvgIpc) is 2.67. The second-order valence-corrected chi connectivity index (χ2v) is 5.08. The van der Waals surface area contributed by atoms with Crippen LogP contribution in [0.2, 0.25) is 0 Å². The maximum atomic E-state index is 4.01. The standard InChI is InChI=1S/C12H24N4/c1-12(2,3)15-7-6-13-5-4-9-16-10-8-14-11-16/h8,10-11,13,15H,4-7,9H2,1-3H3. The smallest absolute Gasteiger partial charge is 0.0945 e. The minimum absolute atomic E-state index is 0.221. The second kappa shape index (κ2) is 6.66. The van der Waals surface area contributed by atoms with Gasteiger partial charge in [0.1, 0.15) is 0 Å². The molecule has 1 rings (SSSR count). The van der Waals surface area contributed by atoms with Gasteiger partial charge < -0.3 is 15.2 Å². The van der Waals surface area contributed by atoms with Crippen LogP contribution in [-0.2, 0) is 6.54 Å². The van der Waals surface area contributed by atoms with Gasteiger partial charge in [-0.15, -0.1) is 0 Å². The van der Waals surface area contributed by atoms with Crippen molar-refractivity contribution in [3.8, 4) is 0 Å². The molecule has 16 heavy (non-hydrogen) atoms. The molecule has 0 saturated carbocycles. The number of aryl methyl sites for hydroxylation is 1. The summed E-state index contributed by atoms with van der Waals surface area (Å²) in [6.07, 6.45) is 6.83. The van der Waals surface area contributed by atoms with Crippen molar-refractivity contribution < 1.29 is 0 Å². The summed E-state index contributed by atoms with van der Waals surface area (Å²) in [5, 5.41) is 6.87. The molecule has 1 aromatic heterocycles. The predicted octanol–water partition coefficient (Wildman–Crippen LogP) is 1.25. The van der Waals surface area contributed by atoms with E-state index in [1.54, 1.807) is 0 Å². The first-order chi connectivity index (χ1) is 7.58. The molecule has 1 heterocycles. The van der Waals surface area contributed by atoms with Gasteiger partial charge in [0, 0.05) is 37.6 Å². The highest BCUT2D eigenvalue weighted by atomic mass is 15.0. The van der Waals surface area contributed by atoms with Crippen molar-refractivity contribution in [2.75, 3.05) is 19.6 Å². The highest BCUT2D eigenvalue weighted by Crippen LogP contribution is 1.96. The highest BCUT2D eigenvalue weighted by Gasteiger charge is 2.06. The van der Waals surface area contributed by atoms with Gasteiger partial charge in [0.25, 0.3) is 0 Å². The summed E-state index contributed by atoms with van der Waals surface area (Å²) in [7, 11) is 0. The molecule has 0 atom stereocenters. The van der Waals surface area contributed by atoms with Gasteiger partial charge in [-0.25, -0.2) is 4.98 Å². The molecule has 4 heteroatoms. The molecule has 0 aliphatic carbocycles. The molecular weight excluding hydrogens is 200 g/mol. The summed E-state index contributed by atoms with van der Waals surface area (Å²) >= 11 is 0. The van der Waals surface area contributed by atoms with Crippen molar-refractivity contribution in [2.45, 2.75) is 39.3 Å². The number of rotatable bonds is 7.